The molecule has 2 rings (SSSR count). The van der Waals surface area contributed by atoms with Crippen LogP contribution in [-0.4, -0.2) is 23.3 Å². The van der Waals surface area contributed by atoms with Gasteiger partial charge in [-0.15, -0.1) is 11.8 Å². The molecule has 1 heterocycles. The molecule has 0 radical (unpaired) electrons. The lowest BCUT2D eigenvalue weighted by atomic mass is 9.87. The molecule has 3 atom stereocenters. The molecule has 1 aromatic carbocycles. The summed E-state index contributed by atoms with van der Waals surface area (Å²) in [6.45, 7) is 10.1. The van der Waals surface area contributed by atoms with Crippen LogP contribution in [0.4, 0.5) is 0 Å². The van der Waals surface area contributed by atoms with Crippen molar-refractivity contribution in [1.82, 2.24) is 0 Å². The minimum absolute atomic E-state index is 0.194. The fourth-order valence-electron chi connectivity index (χ4n) is 2.49. The zero-order valence-corrected chi connectivity index (χ0v) is 14.6. The summed E-state index contributed by atoms with van der Waals surface area (Å²) in [4.78, 5) is 1.16. The first-order valence-electron chi connectivity index (χ1n) is 7.39. The molecule has 0 spiro atoms. The minimum atomic E-state index is -1.42. The molecule has 1 unspecified atom stereocenters. The zero-order valence-electron chi connectivity index (χ0n) is 13.8. The molecule has 21 heavy (non-hydrogen) atoms. The monoisotopic (exact) mass is 310 g/mol. The summed E-state index contributed by atoms with van der Waals surface area (Å²) in [6.07, 6.45) is 2.26. The molecule has 1 aromatic rings. The van der Waals surface area contributed by atoms with E-state index in [1.54, 1.807) is 11.8 Å². The molecule has 0 aliphatic carbocycles. The second kappa shape index (κ2) is 5.58. The highest BCUT2D eigenvalue weighted by atomic mass is 32.2. The van der Waals surface area contributed by atoms with Crippen molar-refractivity contribution in [1.29, 1.82) is 0 Å². The molecule has 3 nitrogen and oxygen atoms in total. The first kappa shape index (κ1) is 16.8. The highest BCUT2D eigenvalue weighted by molar-refractivity contribution is 7.98. The zero-order chi connectivity index (χ0) is 15.9. The van der Waals surface area contributed by atoms with Gasteiger partial charge in [0.15, 0.2) is 6.29 Å². The van der Waals surface area contributed by atoms with Gasteiger partial charge in [0.25, 0.3) is 0 Å². The lowest BCUT2D eigenvalue weighted by Gasteiger charge is -2.35. The second-order valence-electron chi connectivity index (χ2n) is 6.89. The third-order valence-electron chi connectivity index (χ3n) is 4.22. The normalized spacial score (nSPS) is 33.4. The summed E-state index contributed by atoms with van der Waals surface area (Å²) in [5.74, 6) is -1.42. The van der Waals surface area contributed by atoms with Crippen LogP contribution in [-0.2, 0) is 15.3 Å². The van der Waals surface area contributed by atoms with Gasteiger partial charge in [0.1, 0.15) is 5.60 Å². The molecule has 1 aliphatic rings. The molecule has 0 saturated carbocycles. The number of hydrogen-bond acceptors (Lipinski definition) is 4. The van der Waals surface area contributed by atoms with Gasteiger partial charge in [0.2, 0.25) is 5.79 Å². The van der Waals surface area contributed by atoms with E-state index in [-0.39, 0.29) is 5.41 Å². The number of aliphatic hydroxyl groups is 1. The maximum absolute atomic E-state index is 11.2. The summed E-state index contributed by atoms with van der Waals surface area (Å²) < 4.78 is 12.1. The molecule has 0 aromatic heterocycles. The maximum Gasteiger partial charge on any atom is 0.224 e. The van der Waals surface area contributed by atoms with Gasteiger partial charge >= 0.3 is 0 Å². The van der Waals surface area contributed by atoms with Gasteiger partial charge in [-0.25, -0.2) is 0 Å². The number of hydrogen-bond donors (Lipinski definition) is 1. The van der Waals surface area contributed by atoms with E-state index < -0.39 is 17.7 Å². The summed E-state index contributed by atoms with van der Waals surface area (Å²) in [7, 11) is 0. The molecule has 0 amide bonds. The van der Waals surface area contributed by atoms with Gasteiger partial charge in [-0.2, -0.15) is 0 Å². The fraction of sp³-hybridized carbons (Fsp3) is 0.647. The van der Waals surface area contributed by atoms with Crippen LogP contribution >= 0.6 is 11.8 Å². The molecule has 1 aliphatic heterocycles. The SMILES string of the molecule is CC[C@]1(C)O[C@H](C(C)(C)C)OC1(O)c1ccc(SC)cc1. The third kappa shape index (κ3) is 2.87. The first-order valence-corrected chi connectivity index (χ1v) is 8.61. The molecule has 1 fully saturated rings. The predicted octanol–water partition coefficient (Wildman–Crippen LogP) is 4.14. The molecule has 0 bridgehead atoms. The predicted molar refractivity (Wildman–Crippen MR) is 86.2 cm³/mol. The summed E-state index contributed by atoms with van der Waals surface area (Å²) >= 11 is 1.68. The van der Waals surface area contributed by atoms with Gasteiger partial charge in [-0.1, -0.05) is 39.8 Å². The smallest absolute Gasteiger partial charge is 0.224 e. The van der Waals surface area contributed by atoms with E-state index in [0.29, 0.717) is 6.42 Å². The second-order valence-corrected chi connectivity index (χ2v) is 7.77. The van der Waals surface area contributed by atoms with Crippen molar-refractivity contribution in [2.75, 3.05) is 6.26 Å². The van der Waals surface area contributed by atoms with Crippen molar-refractivity contribution in [2.24, 2.45) is 5.41 Å². The van der Waals surface area contributed by atoms with Crippen molar-refractivity contribution < 1.29 is 14.6 Å². The van der Waals surface area contributed by atoms with Crippen LogP contribution in [0.1, 0.15) is 46.6 Å². The van der Waals surface area contributed by atoms with Crippen LogP contribution in [0.5, 0.6) is 0 Å². The van der Waals surface area contributed by atoms with Crippen molar-refractivity contribution in [3.63, 3.8) is 0 Å². The van der Waals surface area contributed by atoms with E-state index in [2.05, 4.69) is 20.8 Å². The Morgan fingerprint density at radius 2 is 1.76 bits per heavy atom. The Morgan fingerprint density at radius 1 is 1.19 bits per heavy atom. The number of ether oxygens (including phenoxy) is 2. The summed E-state index contributed by atoms with van der Waals surface area (Å²) in [5.41, 5.74) is -0.206. The quantitative estimate of drug-likeness (QED) is 0.852. The Balaban J connectivity index is 2.41. The largest absolute Gasteiger partial charge is 0.360 e. The van der Waals surface area contributed by atoms with Crippen molar-refractivity contribution in [2.45, 2.75) is 63.6 Å². The van der Waals surface area contributed by atoms with Gasteiger partial charge in [0, 0.05) is 15.9 Å². The topological polar surface area (TPSA) is 38.7 Å². The van der Waals surface area contributed by atoms with E-state index in [4.69, 9.17) is 9.47 Å². The van der Waals surface area contributed by atoms with E-state index in [1.807, 2.05) is 44.4 Å². The third-order valence-corrected chi connectivity index (χ3v) is 4.97. The van der Waals surface area contributed by atoms with Gasteiger partial charge < -0.3 is 14.6 Å². The standard InChI is InChI=1S/C17H26O3S/c1-7-16(5)17(18,20-14(19-16)15(2,3)4)12-8-10-13(21-6)11-9-12/h8-11,14,18H,7H2,1-6H3/t14-,16-,17?/m0/s1. The van der Waals surface area contributed by atoms with Crippen molar-refractivity contribution in [3.8, 4) is 0 Å². The maximum atomic E-state index is 11.2. The molecule has 4 heteroatoms. The van der Waals surface area contributed by atoms with Crippen molar-refractivity contribution in [3.05, 3.63) is 29.8 Å². The lowest BCUT2D eigenvalue weighted by molar-refractivity contribution is -0.238. The highest BCUT2D eigenvalue weighted by Gasteiger charge is 2.59. The van der Waals surface area contributed by atoms with Crippen LogP contribution in [0, 0.1) is 5.41 Å². The summed E-state index contributed by atoms with van der Waals surface area (Å²) in [5, 5.41) is 11.2. The average Bonchev–Trinajstić information content (AvgIpc) is 2.73. The average molecular weight is 310 g/mol. The van der Waals surface area contributed by atoms with Crippen LogP contribution in [0.25, 0.3) is 0 Å². The Labute approximate surface area is 132 Å². The number of rotatable bonds is 3. The molecule has 118 valence electrons. The van der Waals surface area contributed by atoms with E-state index in [1.165, 1.54) is 0 Å². The van der Waals surface area contributed by atoms with Gasteiger partial charge in [-0.05, 0) is 31.7 Å². The lowest BCUT2D eigenvalue weighted by Crippen LogP contribution is -2.46. The van der Waals surface area contributed by atoms with Gasteiger partial charge in [0.05, 0.1) is 0 Å². The molecular weight excluding hydrogens is 284 g/mol. The van der Waals surface area contributed by atoms with Crippen LogP contribution in [0.2, 0.25) is 0 Å². The fourth-order valence-corrected chi connectivity index (χ4v) is 2.89. The minimum Gasteiger partial charge on any atom is -0.360 e. The van der Waals surface area contributed by atoms with Crippen LogP contribution < -0.4 is 0 Å². The van der Waals surface area contributed by atoms with E-state index in [0.717, 1.165) is 10.5 Å². The highest BCUT2D eigenvalue weighted by Crippen LogP contribution is 2.50. The Morgan fingerprint density at radius 3 is 2.19 bits per heavy atom. The van der Waals surface area contributed by atoms with E-state index >= 15 is 0 Å². The van der Waals surface area contributed by atoms with Gasteiger partial charge in [-0.3, -0.25) is 0 Å². The Hall–Kier alpha value is -0.550. The van der Waals surface area contributed by atoms with Crippen molar-refractivity contribution >= 4 is 11.8 Å². The number of benzene rings is 1. The van der Waals surface area contributed by atoms with E-state index in [9.17, 15) is 5.11 Å². The molecule has 1 N–H and O–H groups in total. The Bertz CT molecular complexity index is 494. The molecular formula is C17H26O3S. The van der Waals surface area contributed by atoms with Crippen LogP contribution in [0.15, 0.2) is 29.2 Å². The first-order chi connectivity index (χ1) is 9.66. The van der Waals surface area contributed by atoms with Crippen LogP contribution in [0.3, 0.4) is 0 Å². The summed E-state index contributed by atoms with van der Waals surface area (Å²) in [6, 6.07) is 7.85. The number of thioether (sulfide) groups is 1. The Kier molecular flexibility index (Phi) is 4.47. The molecule has 1 saturated heterocycles.